The molecule has 1 aromatic heterocycles. The molecule has 0 aliphatic carbocycles. The second-order valence-corrected chi connectivity index (χ2v) is 7.96. The van der Waals surface area contributed by atoms with Crippen LogP contribution >= 0.6 is 11.5 Å². The summed E-state index contributed by atoms with van der Waals surface area (Å²) in [5.41, 5.74) is 1.26. The van der Waals surface area contributed by atoms with Gasteiger partial charge in [0, 0.05) is 55.2 Å². The Hall–Kier alpha value is -1.66. The van der Waals surface area contributed by atoms with Crippen molar-refractivity contribution in [3.05, 3.63) is 35.7 Å². The van der Waals surface area contributed by atoms with Gasteiger partial charge in [0.2, 0.25) is 5.13 Å². The number of ether oxygens (including phenoxy) is 1. The lowest BCUT2D eigenvalue weighted by atomic mass is 9.96. The van der Waals surface area contributed by atoms with E-state index in [1.54, 1.807) is 7.11 Å². The Morgan fingerprint density at radius 3 is 2.46 bits per heavy atom. The van der Waals surface area contributed by atoms with Crippen molar-refractivity contribution in [1.82, 2.24) is 14.3 Å². The Bertz CT molecular complexity index is 672. The fourth-order valence-electron chi connectivity index (χ4n) is 2.82. The van der Waals surface area contributed by atoms with Crippen LogP contribution in [0.3, 0.4) is 0 Å². The summed E-state index contributed by atoms with van der Waals surface area (Å²) in [6.07, 6.45) is 0. The molecule has 0 spiro atoms. The molecule has 0 amide bonds. The molecular formula is C18H26N4OS. The molecule has 1 aromatic carbocycles. The van der Waals surface area contributed by atoms with E-state index in [4.69, 9.17) is 9.72 Å². The average Bonchev–Trinajstić information content (AvgIpc) is 3.06. The Kier molecular flexibility index (Phi) is 5.06. The van der Waals surface area contributed by atoms with Gasteiger partial charge in [-0.25, -0.2) is 4.98 Å². The van der Waals surface area contributed by atoms with Gasteiger partial charge in [-0.3, -0.25) is 4.90 Å². The van der Waals surface area contributed by atoms with Crippen molar-refractivity contribution >= 4 is 16.7 Å². The summed E-state index contributed by atoms with van der Waals surface area (Å²) in [5, 5.41) is 1.05. The maximum atomic E-state index is 5.46. The summed E-state index contributed by atoms with van der Waals surface area (Å²) < 4.78 is 9.99. The van der Waals surface area contributed by atoms with Crippen molar-refractivity contribution in [2.24, 2.45) is 0 Å². The van der Waals surface area contributed by atoms with Crippen LogP contribution in [0.5, 0.6) is 5.75 Å². The van der Waals surface area contributed by atoms with E-state index in [9.17, 15) is 0 Å². The van der Waals surface area contributed by atoms with E-state index >= 15 is 0 Å². The summed E-state index contributed by atoms with van der Waals surface area (Å²) >= 11 is 1.52. The number of anilines is 1. The van der Waals surface area contributed by atoms with Gasteiger partial charge in [0.15, 0.2) is 0 Å². The third-order valence-electron chi connectivity index (χ3n) is 4.32. The first kappa shape index (κ1) is 17.2. The summed E-state index contributed by atoms with van der Waals surface area (Å²) in [6, 6.07) is 8.26. The highest BCUT2D eigenvalue weighted by Gasteiger charge is 2.24. The van der Waals surface area contributed by atoms with Gasteiger partial charge in [0.05, 0.1) is 7.11 Å². The van der Waals surface area contributed by atoms with Crippen LogP contribution in [0.1, 0.15) is 32.2 Å². The molecule has 24 heavy (non-hydrogen) atoms. The van der Waals surface area contributed by atoms with Gasteiger partial charge in [-0.05, 0) is 6.07 Å². The van der Waals surface area contributed by atoms with Gasteiger partial charge in [0.1, 0.15) is 11.6 Å². The number of aromatic nitrogens is 2. The van der Waals surface area contributed by atoms with E-state index in [0.29, 0.717) is 0 Å². The second kappa shape index (κ2) is 7.07. The number of piperazine rings is 1. The number of hydrogen-bond donors (Lipinski definition) is 0. The van der Waals surface area contributed by atoms with E-state index in [0.717, 1.165) is 49.4 Å². The van der Waals surface area contributed by atoms with Gasteiger partial charge in [-0.1, -0.05) is 39.0 Å². The predicted molar refractivity (Wildman–Crippen MR) is 99.1 cm³/mol. The average molecular weight is 347 g/mol. The predicted octanol–water partition coefficient (Wildman–Crippen LogP) is 3.17. The third-order valence-corrected chi connectivity index (χ3v) is 5.09. The van der Waals surface area contributed by atoms with Crippen LogP contribution in [-0.4, -0.2) is 47.5 Å². The van der Waals surface area contributed by atoms with E-state index in [1.165, 1.54) is 17.1 Å². The SMILES string of the molecule is COc1ccccc1CN1CCN(c2nc(C(C)(C)C)ns2)CC1. The topological polar surface area (TPSA) is 41.5 Å². The highest BCUT2D eigenvalue weighted by atomic mass is 32.1. The minimum absolute atomic E-state index is 0.0143. The van der Waals surface area contributed by atoms with Crippen LogP contribution in [0.2, 0.25) is 0 Å². The molecule has 0 saturated carbocycles. The summed E-state index contributed by atoms with van der Waals surface area (Å²) in [6.45, 7) is 11.5. The molecule has 1 fully saturated rings. The Morgan fingerprint density at radius 2 is 1.83 bits per heavy atom. The number of rotatable bonds is 4. The third kappa shape index (κ3) is 3.87. The molecule has 0 bridgehead atoms. The number of benzene rings is 1. The van der Waals surface area contributed by atoms with Crippen LogP contribution in [0.4, 0.5) is 5.13 Å². The molecule has 0 atom stereocenters. The first-order valence-electron chi connectivity index (χ1n) is 8.41. The van der Waals surface area contributed by atoms with Gasteiger partial charge in [-0.2, -0.15) is 4.37 Å². The summed E-state index contributed by atoms with van der Waals surface area (Å²) in [4.78, 5) is 9.56. The van der Waals surface area contributed by atoms with Crippen molar-refractivity contribution in [2.75, 3.05) is 38.2 Å². The molecule has 1 aliphatic rings. The highest BCUT2D eigenvalue weighted by Crippen LogP contribution is 2.26. The maximum absolute atomic E-state index is 5.46. The molecular weight excluding hydrogens is 320 g/mol. The minimum atomic E-state index is 0.0143. The van der Waals surface area contributed by atoms with E-state index in [-0.39, 0.29) is 5.41 Å². The lowest BCUT2D eigenvalue weighted by Gasteiger charge is -2.34. The molecule has 130 valence electrons. The fraction of sp³-hybridized carbons (Fsp3) is 0.556. The standard InChI is InChI=1S/C18H26N4OS/c1-18(2,3)16-19-17(24-20-16)22-11-9-21(10-12-22)13-14-7-5-6-8-15(14)23-4/h5-8H,9-13H2,1-4H3. The minimum Gasteiger partial charge on any atom is -0.496 e. The van der Waals surface area contributed by atoms with Crippen molar-refractivity contribution in [3.8, 4) is 5.75 Å². The zero-order valence-corrected chi connectivity index (χ0v) is 15.8. The van der Waals surface area contributed by atoms with Crippen LogP contribution in [0.15, 0.2) is 24.3 Å². The van der Waals surface area contributed by atoms with Crippen molar-refractivity contribution in [2.45, 2.75) is 32.7 Å². The second-order valence-electron chi connectivity index (χ2n) is 7.23. The lowest BCUT2D eigenvalue weighted by Crippen LogP contribution is -2.46. The zero-order valence-electron chi connectivity index (χ0n) is 15.0. The molecule has 2 heterocycles. The van der Waals surface area contributed by atoms with Crippen LogP contribution in [0.25, 0.3) is 0 Å². The van der Waals surface area contributed by atoms with E-state index < -0.39 is 0 Å². The van der Waals surface area contributed by atoms with Gasteiger partial charge >= 0.3 is 0 Å². The highest BCUT2D eigenvalue weighted by molar-refractivity contribution is 7.09. The smallest absolute Gasteiger partial charge is 0.205 e. The molecule has 1 saturated heterocycles. The number of nitrogens with zero attached hydrogens (tertiary/aromatic N) is 4. The Morgan fingerprint density at radius 1 is 1.12 bits per heavy atom. The van der Waals surface area contributed by atoms with Crippen LogP contribution < -0.4 is 9.64 Å². The van der Waals surface area contributed by atoms with Gasteiger partial charge < -0.3 is 9.64 Å². The van der Waals surface area contributed by atoms with E-state index in [2.05, 4.69) is 47.1 Å². The number of para-hydroxylation sites is 1. The molecule has 1 aliphatic heterocycles. The normalized spacial score (nSPS) is 16.4. The molecule has 0 radical (unpaired) electrons. The first-order chi connectivity index (χ1) is 11.5. The van der Waals surface area contributed by atoms with Gasteiger partial charge in [0.25, 0.3) is 0 Å². The number of hydrogen-bond acceptors (Lipinski definition) is 6. The Balaban J connectivity index is 1.59. The van der Waals surface area contributed by atoms with Crippen LogP contribution in [0, 0.1) is 0 Å². The molecule has 5 nitrogen and oxygen atoms in total. The summed E-state index contributed by atoms with van der Waals surface area (Å²) in [5.74, 6) is 1.91. The molecule has 2 aromatic rings. The molecule has 3 rings (SSSR count). The molecule has 0 N–H and O–H groups in total. The monoisotopic (exact) mass is 346 g/mol. The van der Waals surface area contributed by atoms with Gasteiger partial charge in [-0.15, -0.1) is 0 Å². The summed E-state index contributed by atoms with van der Waals surface area (Å²) in [7, 11) is 1.74. The zero-order chi connectivity index (χ0) is 17.2. The van der Waals surface area contributed by atoms with Crippen molar-refractivity contribution in [3.63, 3.8) is 0 Å². The quantitative estimate of drug-likeness (QED) is 0.850. The molecule has 0 unspecified atom stereocenters. The van der Waals surface area contributed by atoms with Crippen LogP contribution in [-0.2, 0) is 12.0 Å². The Labute approximate surface area is 148 Å². The lowest BCUT2D eigenvalue weighted by molar-refractivity contribution is 0.246. The van der Waals surface area contributed by atoms with Crippen molar-refractivity contribution < 1.29 is 4.74 Å². The van der Waals surface area contributed by atoms with E-state index in [1.807, 2.05) is 12.1 Å². The molecule has 6 heteroatoms. The largest absolute Gasteiger partial charge is 0.496 e. The fourth-order valence-corrected chi connectivity index (χ4v) is 3.73. The maximum Gasteiger partial charge on any atom is 0.205 e. The number of methoxy groups -OCH3 is 1. The van der Waals surface area contributed by atoms with Crippen molar-refractivity contribution in [1.29, 1.82) is 0 Å². The first-order valence-corrected chi connectivity index (χ1v) is 9.18.